The molecule has 0 amide bonds. The second-order valence-electron chi connectivity index (χ2n) is 6.50. The van der Waals surface area contributed by atoms with E-state index in [2.05, 4.69) is 5.16 Å². The van der Waals surface area contributed by atoms with Gasteiger partial charge in [-0.05, 0) is 50.8 Å². The van der Waals surface area contributed by atoms with E-state index < -0.39 is 10.0 Å². The summed E-state index contributed by atoms with van der Waals surface area (Å²) in [6.45, 7) is 8.19. The molecule has 1 aromatic carbocycles. The highest BCUT2D eigenvalue weighted by Gasteiger charge is 2.39. The molecule has 1 aromatic heterocycles. The molecular weight excluding hydrogens is 324 g/mol. The summed E-state index contributed by atoms with van der Waals surface area (Å²) < 4.78 is 33.6. The second-order valence-corrected chi connectivity index (χ2v) is 8.36. The monoisotopic (exact) mass is 348 g/mol. The Morgan fingerprint density at radius 2 is 2.04 bits per heavy atom. The van der Waals surface area contributed by atoms with Crippen molar-refractivity contribution in [2.45, 2.75) is 57.9 Å². The first kappa shape index (κ1) is 17.2. The molecule has 24 heavy (non-hydrogen) atoms. The second kappa shape index (κ2) is 6.33. The molecule has 6 heteroatoms. The fraction of sp³-hybridized carbons (Fsp3) is 0.500. The fourth-order valence-electron chi connectivity index (χ4n) is 3.53. The van der Waals surface area contributed by atoms with E-state index in [0.717, 1.165) is 41.0 Å². The van der Waals surface area contributed by atoms with Crippen molar-refractivity contribution < 1.29 is 12.9 Å². The van der Waals surface area contributed by atoms with Crippen LogP contribution >= 0.6 is 0 Å². The van der Waals surface area contributed by atoms with Crippen molar-refractivity contribution in [2.24, 2.45) is 0 Å². The van der Waals surface area contributed by atoms with Gasteiger partial charge < -0.3 is 4.52 Å². The van der Waals surface area contributed by atoms with Crippen LogP contribution in [0.3, 0.4) is 0 Å². The molecule has 0 N–H and O–H groups in total. The summed E-state index contributed by atoms with van der Waals surface area (Å²) in [7, 11) is -3.54. The quantitative estimate of drug-likeness (QED) is 0.845. The van der Waals surface area contributed by atoms with Crippen LogP contribution < -0.4 is 0 Å². The predicted molar refractivity (Wildman–Crippen MR) is 92.4 cm³/mol. The van der Waals surface area contributed by atoms with E-state index in [1.165, 1.54) is 0 Å². The smallest absolute Gasteiger partial charge is 0.243 e. The maximum absolute atomic E-state index is 13.3. The van der Waals surface area contributed by atoms with Crippen LogP contribution in [0.15, 0.2) is 27.6 Å². The Morgan fingerprint density at radius 1 is 1.29 bits per heavy atom. The highest BCUT2D eigenvalue weighted by molar-refractivity contribution is 7.89. The van der Waals surface area contributed by atoms with Crippen molar-refractivity contribution in [1.82, 2.24) is 9.46 Å². The van der Waals surface area contributed by atoms with Crippen LogP contribution in [0.4, 0.5) is 0 Å². The number of aryl methyl sites for hydroxylation is 4. The summed E-state index contributed by atoms with van der Waals surface area (Å²) in [5, 5.41) is 4.06. The first-order valence-corrected chi connectivity index (χ1v) is 9.84. The maximum Gasteiger partial charge on any atom is 0.243 e. The Kier molecular flexibility index (Phi) is 4.53. The van der Waals surface area contributed by atoms with E-state index in [0.29, 0.717) is 17.9 Å². The van der Waals surface area contributed by atoms with Gasteiger partial charge in [-0.3, -0.25) is 0 Å². The highest BCUT2D eigenvalue weighted by atomic mass is 32.2. The molecule has 1 atom stereocenters. The van der Waals surface area contributed by atoms with E-state index in [4.69, 9.17) is 4.52 Å². The molecule has 1 saturated heterocycles. The number of hydrogen-bond acceptors (Lipinski definition) is 4. The summed E-state index contributed by atoms with van der Waals surface area (Å²) in [5.41, 5.74) is 3.47. The van der Waals surface area contributed by atoms with E-state index in [1.54, 1.807) is 10.4 Å². The number of hydrogen-bond donors (Lipinski definition) is 0. The van der Waals surface area contributed by atoms with Gasteiger partial charge in [-0.1, -0.05) is 24.2 Å². The van der Waals surface area contributed by atoms with Crippen molar-refractivity contribution in [3.05, 3.63) is 46.3 Å². The molecule has 1 fully saturated rings. The van der Waals surface area contributed by atoms with Gasteiger partial charge in [0, 0.05) is 18.5 Å². The van der Waals surface area contributed by atoms with Crippen molar-refractivity contribution in [3.8, 4) is 0 Å². The molecule has 1 aliphatic rings. The summed E-state index contributed by atoms with van der Waals surface area (Å²) in [6.07, 6.45) is 2.37. The van der Waals surface area contributed by atoms with Crippen LogP contribution in [0.1, 0.15) is 54.0 Å². The van der Waals surface area contributed by atoms with Crippen LogP contribution in [0.5, 0.6) is 0 Å². The third-order valence-electron chi connectivity index (χ3n) is 4.77. The van der Waals surface area contributed by atoms with E-state index in [9.17, 15) is 8.42 Å². The van der Waals surface area contributed by atoms with Gasteiger partial charge in [-0.15, -0.1) is 0 Å². The Bertz CT molecular complexity index is 855. The Morgan fingerprint density at radius 3 is 2.75 bits per heavy atom. The van der Waals surface area contributed by atoms with Gasteiger partial charge in [0.05, 0.1) is 16.6 Å². The first-order chi connectivity index (χ1) is 11.4. The van der Waals surface area contributed by atoms with E-state index in [1.807, 2.05) is 39.8 Å². The number of rotatable bonds is 4. The molecule has 0 unspecified atom stereocenters. The average molecular weight is 348 g/mol. The number of sulfonamides is 1. The lowest BCUT2D eigenvalue weighted by atomic mass is 10.0. The van der Waals surface area contributed by atoms with Crippen molar-refractivity contribution in [2.75, 3.05) is 6.54 Å². The van der Waals surface area contributed by atoms with Crippen LogP contribution in [-0.4, -0.2) is 24.4 Å². The van der Waals surface area contributed by atoms with E-state index >= 15 is 0 Å². The van der Waals surface area contributed by atoms with Crippen molar-refractivity contribution in [1.29, 1.82) is 0 Å². The Labute approximate surface area is 143 Å². The molecule has 0 saturated carbocycles. The minimum Gasteiger partial charge on any atom is -0.361 e. The molecular formula is C18H24N2O3S. The van der Waals surface area contributed by atoms with Gasteiger partial charge in [-0.2, -0.15) is 4.31 Å². The summed E-state index contributed by atoms with van der Waals surface area (Å²) in [4.78, 5) is 0.404. The fourth-order valence-corrected chi connectivity index (χ4v) is 5.51. The zero-order valence-corrected chi connectivity index (χ0v) is 15.5. The highest BCUT2D eigenvalue weighted by Crippen LogP contribution is 2.40. The van der Waals surface area contributed by atoms with E-state index in [-0.39, 0.29) is 6.04 Å². The summed E-state index contributed by atoms with van der Waals surface area (Å²) in [6, 6.07) is 5.39. The normalized spacial score (nSPS) is 19.1. The molecule has 0 bridgehead atoms. The van der Waals surface area contributed by atoms with Gasteiger partial charge in [0.1, 0.15) is 5.76 Å². The molecule has 0 spiro atoms. The topological polar surface area (TPSA) is 63.4 Å². The van der Waals surface area contributed by atoms with Crippen molar-refractivity contribution in [3.63, 3.8) is 0 Å². The van der Waals surface area contributed by atoms with Gasteiger partial charge in [0.25, 0.3) is 0 Å². The molecule has 0 radical (unpaired) electrons. The molecule has 1 aliphatic heterocycles. The lowest BCUT2D eigenvalue weighted by molar-refractivity contribution is 0.368. The van der Waals surface area contributed by atoms with Crippen LogP contribution in [0, 0.1) is 20.8 Å². The van der Waals surface area contributed by atoms with Crippen LogP contribution in [0.2, 0.25) is 0 Å². The third kappa shape index (κ3) is 2.78. The number of benzene rings is 1. The zero-order valence-electron chi connectivity index (χ0n) is 14.7. The largest absolute Gasteiger partial charge is 0.361 e. The standard InChI is InChI=1S/C18H24N2O3S/c1-5-16-18(14(4)19-23-16)15-7-6-10-20(15)24(21,22)17-11-12(2)8-9-13(17)3/h8-9,11,15H,5-7,10H2,1-4H3/t15-/m1/s1. The third-order valence-corrected chi connectivity index (χ3v) is 6.82. The molecule has 0 aliphatic carbocycles. The Hall–Kier alpha value is -1.66. The lowest BCUT2D eigenvalue weighted by Crippen LogP contribution is -2.31. The summed E-state index contributed by atoms with van der Waals surface area (Å²) >= 11 is 0. The lowest BCUT2D eigenvalue weighted by Gasteiger charge is -2.25. The molecule has 130 valence electrons. The minimum atomic E-state index is -3.54. The molecule has 5 nitrogen and oxygen atoms in total. The van der Waals surface area contributed by atoms with Crippen LogP contribution in [0.25, 0.3) is 0 Å². The minimum absolute atomic E-state index is 0.184. The first-order valence-electron chi connectivity index (χ1n) is 8.40. The molecule has 3 rings (SSSR count). The maximum atomic E-state index is 13.3. The van der Waals surface area contributed by atoms with Crippen molar-refractivity contribution >= 4 is 10.0 Å². The average Bonchev–Trinajstić information content (AvgIpc) is 3.15. The predicted octanol–water partition coefficient (Wildman–Crippen LogP) is 3.69. The Balaban J connectivity index is 2.07. The zero-order chi connectivity index (χ0) is 17.5. The number of nitrogens with zero attached hydrogens (tertiary/aromatic N) is 2. The molecule has 2 heterocycles. The van der Waals surface area contributed by atoms with Gasteiger partial charge in [0.2, 0.25) is 10.0 Å². The van der Waals surface area contributed by atoms with Gasteiger partial charge in [-0.25, -0.2) is 8.42 Å². The van der Waals surface area contributed by atoms with Gasteiger partial charge >= 0.3 is 0 Å². The summed E-state index contributed by atoms with van der Waals surface area (Å²) in [5.74, 6) is 0.792. The van der Waals surface area contributed by atoms with Gasteiger partial charge in [0.15, 0.2) is 0 Å². The molecule has 2 aromatic rings. The SMILES string of the molecule is CCc1onc(C)c1[C@H]1CCCN1S(=O)(=O)c1cc(C)ccc1C. The van der Waals surface area contributed by atoms with Crippen LogP contribution in [-0.2, 0) is 16.4 Å². The number of aromatic nitrogens is 1.